The number of unbranched alkanes of at least 4 members (excludes halogenated alkanes) is 7. The van der Waals surface area contributed by atoms with E-state index < -0.39 is 125 Å². The van der Waals surface area contributed by atoms with Crippen LogP contribution in [0.2, 0.25) is 0 Å². The molecule has 0 fully saturated rings. The van der Waals surface area contributed by atoms with Crippen LogP contribution >= 0.6 is 0 Å². The van der Waals surface area contributed by atoms with Gasteiger partial charge in [-0.1, -0.05) is 115 Å². The molecule has 28 nitrogen and oxygen atoms in total. The molecule has 0 unspecified atom stereocenters. The zero-order valence-electron chi connectivity index (χ0n) is 58.8. The summed E-state index contributed by atoms with van der Waals surface area (Å²) in [7, 11) is 2.79. The first-order valence-corrected chi connectivity index (χ1v) is 34.0. The highest BCUT2D eigenvalue weighted by molar-refractivity contribution is 5.99. The lowest BCUT2D eigenvalue weighted by Gasteiger charge is -2.35. The Morgan fingerprint density at radius 2 is 0.871 bits per heavy atom. The number of aliphatic hydroxyl groups excluding tert-OH is 1. The molecule has 19 N–H and O–H groups in total. The van der Waals surface area contributed by atoms with Crippen LogP contribution < -0.4 is 71.2 Å². The van der Waals surface area contributed by atoms with Gasteiger partial charge in [0.15, 0.2) is 5.96 Å². The van der Waals surface area contributed by atoms with Crippen molar-refractivity contribution in [2.24, 2.45) is 63.3 Å². The summed E-state index contributed by atoms with van der Waals surface area (Å²) >= 11 is 0. The fourth-order valence-corrected chi connectivity index (χ4v) is 10.6. The number of rotatable bonds is 50. The summed E-state index contributed by atoms with van der Waals surface area (Å²) in [6, 6.07) is -11.3. The molecule has 536 valence electrons. The fourth-order valence-electron chi connectivity index (χ4n) is 10.6. The van der Waals surface area contributed by atoms with E-state index in [0.29, 0.717) is 38.5 Å². The third-order valence-electron chi connectivity index (χ3n) is 16.1. The lowest BCUT2D eigenvalue weighted by Crippen LogP contribution is -2.62. The minimum absolute atomic E-state index is 0.0111. The molecule has 0 rings (SSSR count). The quantitative estimate of drug-likeness (QED) is 0.0232. The van der Waals surface area contributed by atoms with E-state index in [0.717, 1.165) is 37.0 Å². The van der Waals surface area contributed by atoms with Crippen molar-refractivity contribution in [1.82, 2.24) is 52.3 Å². The first-order chi connectivity index (χ1) is 43.7. The number of aliphatic hydroxyl groups is 1. The van der Waals surface area contributed by atoms with Crippen molar-refractivity contribution < 1.29 is 57.8 Å². The number of amides is 11. The van der Waals surface area contributed by atoms with E-state index in [1.807, 2.05) is 55.4 Å². The summed E-state index contributed by atoms with van der Waals surface area (Å²) in [5.41, 5.74) is 28.6. The van der Waals surface area contributed by atoms with Gasteiger partial charge in [-0.25, -0.2) is 0 Å². The van der Waals surface area contributed by atoms with Crippen molar-refractivity contribution in [3.8, 4) is 0 Å². The molecule has 0 aromatic rings. The molecule has 0 bridgehead atoms. The molecule has 0 heterocycles. The van der Waals surface area contributed by atoms with Gasteiger partial charge in [-0.2, -0.15) is 0 Å². The van der Waals surface area contributed by atoms with E-state index in [1.54, 1.807) is 13.8 Å². The zero-order chi connectivity index (χ0) is 71.1. The molecule has 0 saturated heterocycles. The van der Waals surface area contributed by atoms with Crippen LogP contribution in [0.4, 0.5) is 0 Å². The molecule has 11 amide bonds. The predicted octanol–water partition coefficient (Wildman–Crippen LogP) is 1.31. The molecule has 0 aliphatic heterocycles. The van der Waals surface area contributed by atoms with Gasteiger partial charge in [-0.15, -0.1) is 0 Å². The smallest absolute Gasteiger partial charge is 0.245 e. The number of carbonyl (C=O) groups is 11. The normalized spacial score (nSPS) is 15.0. The standard InChI is InChI=1S/C65H124N16O12/c1-15-17-18-19-20-21-30-52(83)72-38-53(84)73-47(35-40(5)6)58(87)77-49(37-42(9)10)63(92)80(13)50(28-22-24-31-66)60(89)74-45(27-26-33-71-65(69)70)57(86)78-54(43(11)16-2)64(93)81(14)51(29-23-25-32-67)61(90)79-55(44(12)82)62(91)76-48(36-41(7)8)59(88)75-46(56(68)85)34-39(3)4/h39-51,54-55,82H,15-38,66-67H2,1-14H3,(H2,68,85)(H,72,83)(H,73,84)(H,74,89)(H,75,88)(H,76,91)(H,77,87)(H,78,86)(H,79,90)(H4,69,70,71)/t43-,44+,45-,46-,47-,48-,49-,50-,51-,54-,55-/m0/s1. The van der Waals surface area contributed by atoms with Crippen LogP contribution in [0.15, 0.2) is 4.99 Å². The molecule has 0 radical (unpaired) electrons. The van der Waals surface area contributed by atoms with Crippen molar-refractivity contribution in [1.29, 1.82) is 0 Å². The van der Waals surface area contributed by atoms with Gasteiger partial charge >= 0.3 is 0 Å². The minimum atomic E-state index is -1.64. The molecule has 0 aromatic heterocycles. The van der Waals surface area contributed by atoms with Crippen LogP contribution in [0, 0.1) is 29.6 Å². The maximum Gasteiger partial charge on any atom is 0.245 e. The van der Waals surface area contributed by atoms with Gasteiger partial charge in [0.2, 0.25) is 65.0 Å². The first kappa shape index (κ1) is 86.3. The number of nitrogens with one attached hydrogen (secondary N) is 8. The number of nitrogens with two attached hydrogens (primary N) is 5. The van der Waals surface area contributed by atoms with Crippen LogP contribution in [0.5, 0.6) is 0 Å². The van der Waals surface area contributed by atoms with Crippen LogP contribution in [0.25, 0.3) is 0 Å². The van der Waals surface area contributed by atoms with Crippen LogP contribution in [-0.2, 0) is 52.7 Å². The second kappa shape index (κ2) is 47.2. The maximum atomic E-state index is 15.0. The Morgan fingerprint density at radius 3 is 1.35 bits per heavy atom. The number of aliphatic imine (C=N–C) groups is 1. The second-order valence-electron chi connectivity index (χ2n) is 26.6. The molecule has 0 aromatic carbocycles. The third kappa shape index (κ3) is 35.4. The molecule has 0 aliphatic rings. The minimum Gasteiger partial charge on any atom is -0.391 e. The van der Waals surface area contributed by atoms with Crippen molar-refractivity contribution in [3.63, 3.8) is 0 Å². The topological polar surface area (TPSA) is 453 Å². The molecule has 0 saturated carbocycles. The van der Waals surface area contributed by atoms with Crippen LogP contribution in [0.3, 0.4) is 0 Å². The summed E-state index contributed by atoms with van der Waals surface area (Å²) in [6.45, 7) is 21.9. The number of primary amides is 1. The summed E-state index contributed by atoms with van der Waals surface area (Å²) in [5, 5.41) is 32.7. The van der Waals surface area contributed by atoms with Gasteiger partial charge in [0, 0.05) is 27.1 Å². The molecule has 93 heavy (non-hydrogen) atoms. The molecule has 0 aliphatic carbocycles. The predicted molar refractivity (Wildman–Crippen MR) is 362 cm³/mol. The Labute approximate surface area is 554 Å². The molecular weight excluding hydrogens is 1200 g/mol. The SMILES string of the molecule is CCCCCCCCC(=O)NCC(=O)N[C@@H](CC(C)C)C(=O)N[C@@H](CC(C)C)C(=O)N(C)[C@@H](CCCCN)C(=O)N[C@@H](CCCN=C(N)N)C(=O)N[C@H](C(=O)N(C)[C@@H](CCCCN)C(=O)N[C@H](C(=O)N[C@@H](CC(C)C)C(=O)N[C@@H](CC(C)C)C(N)=O)[C@@H](C)O)[C@@H](C)CC. The van der Waals surface area contributed by atoms with Gasteiger partial charge in [-0.05, 0) is 133 Å². The number of hydrogen-bond acceptors (Lipinski definition) is 15. The van der Waals surface area contributed by atoms with Gasteiger partial charge in [0.05, 0.1) is 12.6 Å². The Bertz CT molecular complexity index is 2340. The summed E-state index contributed by atoms with van der Waals surface area (Å²) in [4.78, 5) is 160. The number of carbonyl (C=O) groups excluding carboxylic acids is 11. The Kier molecular flexibility index (Phi) is 43.8. The average molecular weight is 1320 g/mol. The second-order valence-corrected chi connectivity index (χ2v) is 26.6. The summed E-state index contributed by atoms with van der Waals surface area (Å²) in [6.07, 6.45) is 7.60. The van der Waals surface area contributed by atoms with E-state index in [2.05, 4.69) is 54.5 Å². The van der Waals surface area contributed by atoms with Gasteiger partial charge < -0.3 is 86.1 Å². The lowest BCUT2D eigenvalue weighted by atomic mass is 9.95. The molecule has 11 atom stereocenters. The van der Waals surface area contributed by atoms with E-state index in [-0.39, 0.29) is 120 Å². The zero-order valence-corrected chi connectivity index (χ0v) is 58.8. The third-order valence-corrected chi connectivity index (χ3v) is 16.1. The number of guanidine groups is 1. The van der Waals surface area contributed by atoms with Gasteiger partial charge in [0.1, 0.15) is 54.4 Å². The number of likely N-dealkylation sites (N-methyl/N-ethyl adjacent to an activating group) is 2. The van der Waals surface area contributed by atoms with Gasteiger partial charge in [0.25, 0.3) is 0 Å². The van der Waals surface area contributed by atoms with Crippen LogP contribution in [-0.4, -0.2) is 187 Å². The average Bonchev–Trinajstić information content (AvgIpc) is 0.902. The van der Waals surface area contributed by atoms with E-state index in [1.165, 1.54) is 25.9 Å². The summed E-state index contributed by atoms with van der Waals surface area (Å²) < 4.78 is 0. The highest BCUT2D eigenvalue weighted by Crippen LogP contribution is 2.20. The Hall–Kier alpha value is -6.68. The van der Waals surface area contributed by atoms with Crippen molar-refractivity contribution >= 4 is 70.9 Å². The first-order valence-electron chi connectivity index (χ1n) is 34.0. The molecule has 0 spiro atoms. The Morgan fingerprint density at radius 1 is 0.441 bits per heavy atom. The van der Waals surface area contributed by atoms with E-state index in [9.17, 15) is 57.8 Å². The van der Waals surface area contributed by atoms with E-state index >= 15 is 0 Å². The Balaban J connectivity index is 7.18. The largest absolute Gasteiger partial charge is 0.391 e. The van der Waals surface area contributed by atoms with Crippen molar-refractivity contribution in [3.05, 3.63) is 0 Å². The maximum absolute atomic E-state index is 15.0. The highest BCUT2D eigenvalue weighted by atomic mass is 16.3. The lowest BCUT2D eigenvalue weighted by molar-refractivity contribution is -0.145. The highest BCUT2D eigenvalue weighted by Gasteiger charge is 2.40. The molecular formula is C65H124N16O12. The van der Waals surface area contributed by atoms with E-state index in [4.69, 9.17) is 28.7 Å². The monoisotopic (exact) mass is 1320 g/mol. The van der Waals surface area contributed by atoms with Gasteiger partial charge in [-0.3, -0.25) is 57.7 Å². The summed E-state index contributed by atoms with van der Waals surface area (Å²) in [5.74, 6) is -8.73. The van der Waals surface area contributed by atoms with Crippen molar-refractivity contribution in [2.45, 2.75) is 272 Å². The number of hydrogen-bond donors (Lipinski definition) is 14. The van der Waals surface area contributed by atoms with Crippen LogP contribution in [0.1, 0.15) is 212 Å². The fraction of sp³-hybridized carbons (Fsp3) is 0.815. The van der Waals surface area contributed by atoms with Crippen molar-refractivity contribution in [2.75, 3.05) is 40.3 Å². The number of nitrogens with zero attached hydrogens (tertiary/aromatic N) is 3. The molecule has 28 heteroatoms.